The summed E-state index contributed by atoms with van der Waals surface area (Å²) in [5.41, 5.74) is 0.617. The smallest absolute Gasteiger partial charge is 0.0123 e. The second-order valence-electron chi connectivity index (χ2n) is 6.00. The fourth-order valence-corrected chi connectivity index (χ4v) is 3.45. The van der Waals surface area contributed by atoms with Crippen molar-refractivity contribution in [3.8, 4) is 0 Å². The predicted molar refractivity (Wildman–Crippen MR) is 66.0 cm³/mol. The maximum absolute atomic E-state index is 3.76. The van der Waals surface area contributed by atoms with E-state index in [0.717, 1.165) is 18.5 Å². The van der Waals surface area contributed by atoms with Gasteiger partial charge in [-0.3, -0.25) is 0 Å². The molecule has 0 heterocycles. The third-order valence-corrected chi connectivity index (χ3v) is 4.83. The summed E-state index contributed by atoms with van der Waals surface area (Å²) in [6.45, 7) is 5.92. The Labute approximate surface area is 95.0 Å². The Morgan fingerprint density at radius 3 is 2.33 bits per heavy atom. The van der Waals surface area contributed by atoms with Gasteiger partial charge in [-0.1, -0.05) is 46.0 Å². The van der Waals surface area contributed by atoms with Crippen LogP contribution in [0.5, 0.6) is 0 Å². The summed E-state index contributed by atoms with van der Waals surface area (Å²) in [6.07, 6.45) is 11.8. The molecule has 0 radical (unpaired) electrons. The van der Waals surface area contributed by atoms with Gasteiger partial charge in [-0.05, 0) is 37.1 Å². The van der Waals surface area contributed by atoms with Crippen molar-refractivity contribution in [3.05, 3.63) is 0 Å². The van der Waals surface area contributed by atoms with Crippen molar-refractivity contribution >= 4 is 0 Å². The van der Waals surface area contributed by atoms with E-state index in [2.05, 4.69) is 19.2 Å². The highest BCUT2D eigenvalue weighted by Gasteiger charge is 2.38. The SMILES string of the molecule is CCNC(CC1CCC1)C1(C)CCCC1. The van der Waals surface area contributed by atoms with Crippen molar-refractivity contribution in [2.75, 3.05) is 6.54 Å². The molecule has 2 rings (SSSR count). The van der Waals surface area contributed by atoms with E-state index in [1.807, 2.05) is 0 Å². The Balaban J connectivity index is 1.91. The molecule has 0 aromatic rings. The van der Waals surface area contributed by atoms with Gasteiger partial charge < -0.3 is 5.32 Å². The van der Waals surface area contributed by atoms with Gasteiger partial charge in [-0.2, -0.15) is 0 Å². The summed E-state index contributed by atoms with van der Waals surface area (Å²) in [6, 6.07) is 0.801. The van der Waals surface area contributed by atoms with Crippen LogP contribution < -0.4 is 5.32 Å². The van der Waals surface area contributed by atoms with Crippen LogP contribution in [-0.2, 0) is 0 Å². The first-order valence-electron chi connectivity index (χ1n) is 6.98. The van der Waals surface area contributed by atoms with Crippen LogP contribution in [0.1, 0.15) is 65.2 Å². The molecule has 2 aliphatic rings. The molecule has 0 aromatic carbocycles. The molecule has 88 valence electrons. The molecule has 1 N–H and O–H groups in total. The standard InChI is InChI=1S/C14H27N/c1-3-15-13(11-12-7-6-8-12)14(2)9-4-5-10-14/h12-13,15H,3-11H2,1-2H3. The molecular formula is C14H27N. The molecule has 0 aromatic heterocycles. The fourth-order valence-electron chi connectivity index (χ4n) is 3.45. The summed E-state index contributed by atoms with van der Waals surface area (Å²) in [7, 11) is 0. The molecule has 0 saturated heterocycles. The first-order chi connectivity index (χ1) is 7.24. The molecule has 0 amide bonds. The Morgan fingerprint density at radius 1 is 1.20 bits per heavy atom. The highest BCUT2D eigenvalue weighted by molar-refractivity contribution is 4.93. The second-order valence-corrected chi connectivity index (χ2v) is 6.00. The summed E-state index contributed by atoms with van der Waals surface area (Å²) in [4.78, 5) is 0. The molecule has 2 aliphatic carbocycles. The molecule has 0 bridgehead atoms. The third kappa shape index (κ3) is 2.55. The van der Waals surface area contributed by atoms with Crippen LogP contribution in [0.2, 0.25) is 0 Å². The van der Waals surface area contributed by atoms with Crippen molar-refractivity contribution < 1.29 is 0 Å². The van der Waals surface area contributed by atoms with E-state index < -0.39 is 0 Å². The van der Waals surface area contributed by atoms with Crippen molar-refractivity contribution in [1.82, 2.24) is 5.32 Å². The van der Waals surface area contributed by atoms with Gasteiger partial charge in [-0.15, -0.1) is 0 Å². The quantitative estimate of drug-likeness (QED) is 0.727. The van der Waals surface area contributed by atoms with Crippen LogP contribution in [0.25, 0.3) is 0 Å². The Morgan fingerprint density at radius 2 is 1.87 bits per heavy atom. The fraction of sp³-hybridized carbons (Fsp3) is 1.00. The molecule has 1 unspecified atom stereocenters. The molecule has 15 heavy (non-hydrogen) atoms. The average molecular weight is 209 g/mol. The van der Waals surface area contributed by atoms with Gasteiger partial charge in [0, 0.05) is 6.04 Å². The maximum atomic E-state index is 3.76. The summed E-state index contributed by atoms with van der Waals surface area (Å²) < 4.78 is 0. The molecular weight excluding hydrogens is 182 g/mol. The topological polar surface area (TPSA) is 12.0 Å². The minimum atomic E-state index is 0.617. The largest absolute Gasteiger partial charge is 0.314 e. The normalized spacial score (nSPS) is 27.6. The first-order valence-corrected chi connectivity index (χ1v) is 6.98. The molecule has 0 aliphatic heterocycles. The Kier molecular flexibility index (Phi) is 3.71. The van der Waals surface area contributed by atoms with Crippen molar-refractivity contribution in [1.29, 1.82) is 0 Å². The lowest BCUT2D eigenvalue weighted by atomic mass is 9.72. The lowest BCUT2D eigenvalue weighted by Crippen LogP contribution is -2.44. The van der Waals surface area contributed by atoms with Crippen LogP contribution in [0.3, 0.4) is 0 Å². The van der Waals surface area contributed by atoms with Gasteiger partial charge in [0.2, 0.25) is 0 Å². The zero-order chi connectivity index (χ0) is 10.7. The molecule has 1 atom stereocenters. The van der Waals surface area contributed by atoms with Crippen LogP contribution in [0.4, 0.5) is 0 Å². The van der Waals surface area contributed by atoms with E-state index in [1.54, 1.807) is 0 Å². The maximum Gasteiger partial charge on any atom is 0.0123 e. The lowest BCUT2D eigenvalue weighted by molar-refractivity contribution is 0.159. The molecule has 2 fully saturated rings. The van der Waals surface area contributed by atoms with Crippen molar-refractivity contribution in [3.63, 3.8) is 0 Å². The van der Waals surface area contributed by atoms with Gasteiger partial charge in [0.1, 0.15) is 0 Å². The van der Waals surface area contributed by atoms with Crippen LogP contribution in [0.15, 0.2) is 0 Å². The van der Waals surface area contributed by atoms with Gasteiger partial charge in [0.05, 0.1) is 0 Å². The third-order valence-electron chi connectivity index (χ3n) is 4.83. The zero-order valence-corrected chi connectivity index (χ0v) is 10.5. The highest BCUT2D eigenvalue weighted by Crippen LogP contribution is 2.44. The highest BCUT2D eigenvalue weighted by atomic mass is 14.9. The van der Waals surface area contributed by atoms with Crippen LogP contribution >= 0.6 is 0 Å². The monoisotopic (exact) mass is 209 g/mol. The van der Waals surface area contributed by atoms with Gasteiger partial charge in [-0.25, -0.2) is 0 Å². The van der Waals surface area contributed by atoms with Gasteiger partial charge in [0.15, 0.2) is 0 Å². The van der Waals surface area contributed by atoms with Crippen molar-refractivity contribution in [2.45, 2.75) is 71.3 Å². The zero-order valence-electron chi connectivity index (χ0n) is 10.5. The van der Waals surface area contributed by atoms with Gasteiger partial charge >= 0.3 is 0 Å². The Bertz CT molecular complexity index is 190. The number of hydrogen-bond donors (Lipinski definition) is 1. The van der Waals surface area contributed by atoms with E-state index in [9.17, 15) is 0 Å². The number of nitrogens with one attached hydrogen (secondary N) is 1. The minimum absolute atomic E-state index is 0.617. The number of hydrogen-bond acceptors (Lipinski definition) is 1. The van der Waals surface area contributed by atoms with E-state index in [1.165, 1.54) is 51.4 Å². The molecule has 1 heteroatoms. The van der Waals surface area contributed by atoms with E-state index in [4.69, 9.17) is 0 Å². The molecule has 1 nitrogen and oxygen atoms in total. The number of rotatable bonds is 5. The predicted octanol–water partition coefficient (Wildman–Crippen LogP) is 3.74. The minimum Gasteiger partial charge on any atom is -0.314 e. The van der Waals surface area contributed by atoms with E-state index in [-0.39, 0.29) is 0 Å². The van der Waals surface area contributed by atoms with Crippen LogP contribution in [0, 0.1) is 11.3 Å². The van der Waals surface area contributed by atoms with Crippen molar-refractivity contribution in [2.24, 2.45) is 11.3 Å². The van der Waals surface area contributed by atoms with E-state index >= 15 is 0 Å². The van der Waals surface area contributed by atoms with Gasteiger partial charge in [0.25, 0.3) is 0 Å². The molecule has 0 spiro atoms. The summed E-state index contributed by atoms with van der Waals surface area (Å²) in [5.74, 6) is 1.05. The average Bonchev–Trinajstić information content (AvgIpc) is 2.57. The van der Waals surface area contributed by atoms with Crippen LogP contribution in [-0.4, -0.2) is 12.6 Å². The second kappa shape index (κ2) is 4.86. The molecule has 2 saturated carbocycles. The first kappa shape index (κ1) is 11.4. The lowest BCUT2D eigenvalue weighted by Gasteiger charge is -2.39. The summed E-state index contributed by atoms with van der Waals surface area (Å²) >= 11 is 0. The Hall–Kier alpha value is -0.0400. The summed E-state index contributed by atoms with van der Waals surface area (Å²) in [5, 5.41) is 3.76. The van der Waals surface area contributed by atoms with E-state index in [0.29, 0.717) is 5.41 Å².